The molecule has 2 aromatic rings. The summed E-state index contributed by atoms with van der Waals surface area (Å²) in [5.74, 6) is 1.97. The van der Waals surface area contributed by atoms with Gasteiger partial charge in [-0.25, -0.2) is 4.79 Å². The minimum Gasteiger partial charge on any atom is -0.395 e. The van der Waals surface area contributed by atoms with E-state index in [0.29, 0.717) is 23.3 Å². The molecule has 0 aromatic heterocycles. The highest BCUT2D eigenvalue weighted by molar-refractivity contribution is 5.67. The normalized spacial score (nSPS) is 13.2. The van der Waals surface area contributed by atoms with Crippen molar-refractivity contribution >= 4 is 6.16 Å². The van der Waals surface area contributed by atoms with Gasteiger partial charge in [0.1, 0.15) is 11.5 Å². The van der Waals surface area contributed by atoms with Gasteiger partial charge in [0.25, 0.3) is 0 Å². The Kier molecular flexibility index (Phi) is 6.42. The first-order chi connectivity index (χ1) is 11.5. The highest BCUT2D eigenvalue weighted by atomic mass is 16.7. The van der Waals surface area contributed by atoms with Crippen molar-refractivity contribution in [2.24, 2.45) is 0 Å². The summed E-state index contributed by atoms with van der Waals surface area (Å²) in [6.45, 7) is 8.65. The van der Waals surface area contributed by atoms with Crippen molar-refractivity contribution in [3.63, 3.8) is 0 Å². The van der Waals surface area contributed by atoms with Gasteiger partial charge in [0, 0.05) is 0 Å². The second kappa shape index (κ2) is 8.53. The van der Waals surface area contributed by atoms with Crippen LogP contribution in [0.4, 0.5) is 4.79 Å². The highest BCUT2D eigenvalue weighted by Crippen LogP contribution is 2.23. The maximum absolute atomic E-state index is 11.9. The fraction of sp³-hybridized carbons (Fsp3) is 0.381. The Hall–Kier alpha value is -2.29. The minimum absolute atomic E-state index is 0.489. The van der Waals surface area contributed by atoms with Crippen molar-refractivity contribution in [2.45, 2.75) is 52.4 Å². The van der Waals surface area contributed by atoms with Gasteiger partial charge in [0.15, 0.2) is 0 Å². The maximum atomic E-state index is 11.9. The van der Waals surface area contributed by atoms with Gasteiger partial charge in [-0.3, -0.25) is 0 Å². The lowest BCUT2D eigenvalue weighted by Crippen LogP contribution is -2.13. The third kappa shape index (κ3) is 4.85. The van der Waals surface area contributed by atoms with Crippen molar-refractivity contribution in [1.29, 1.82) is 0 Å². The zero-order valence-electron chi connectivity index (χ0n) is 14.9. The standard InChI is InChI=1S/C21H26O3/c1-5-15(3)17-7-11-19(12-8-17)23-21(22)24-20-13-9-18(10-14-20)16(4)6-2/h7-16H,5-6H2,1-4H3. The van der Waals surface area contributed by atoms with Crippen LogP contribution in [0, 0.1) is 0 Å². The SMILES string of the molecule is CCC(C)c1ccc(OC(=O)Oc2ccc(C(C)CC)cc2)cc1. The molecule has 3 heteroatoms. The smallest absolute Gasteiger partial charge is 0.395 e. The maximum Gasteiger partial charge on any atom is 0.519 e. The third-order valence-electron chi connectivity index (χ3n) is 4.53. The van der Waals surface area contributed by atoms with E-state index in [1.807, 2.05) is 24.3 Å². The molecule has 0 amide bonds. The van der Waals surface area contributed by atoms with E-state index < -0.39 is 6.16 Å². The topological polar surface area (TPSA) is 35.5 Å². The quantitative estimate of drug-likeness (QED) is 0.462. The molecule has 0 aliphatic carbocycles. The predicted molar refractivity (Wildman–Crippen MR) is 96.9 cm³/mol. The average Bonchev–Trinajstić information content (AvgIpc) is 2.61. The van der Waals surface area contributed by atoms with E-state index in [9.17, 15) is 4.79 Å². The molecular formula is C21H26O3. The summed E-state index contributed by atoms with van der Waals surface area (Å²) in [5, 5.41) is 0. The van der Waals surface area contributed by atoms with Crippen molar-refractivity contribution < 1.29 is 14.3 Å². The van der Waals surface area contributed by atoms with Crippen LogP contribution in [0.15, 0.2) is 48.5 Å². The Bertz CT molecular complexity index is 586. The molecule has 2 unspecified atom stereocenters. The van der Waals surface area contributed by atoms with Crippen molar-refractivity contribution in [2.75, 3.05) is 0 Å². The predicted octanol–water partition coefficient (Wildman–Crippen LogP) is 6.29. The lowest BCUT2D eigenvalue weighted by atomic mass is 9.99. The lowest BCUT2D eigenvalue weighted by molar-refractivity contribution is 0.152. The molecule has 128 valence electrons. The van der Waals surface area contributed by atoms with Crippen LogP contribution in [-0.4, -0.2) is 6.16 Å². The lowest BCUT2D eigenvalue weighted by Gasteiger charge is -2.11. The number of ether oxygens (including phenoxy) is 2. The monoisotopic (exact) mass is 326 g/mol. The van der Waals surface area contributed by atoms with Crippen LogP contribution >= 0.6 is 0 Å². The van der Waals surface area contributed by atoms with E-state index >= 15 is 0 Å². The average molecular weight is 326 g/mol. The molecule has 2 aromatic carbocycles. The Labute approximate surface area is 144 Å². The van der Waals surface area contributed by atoms with Crippen LogP contribution < -0.4 is 9.47 Å². The first-order valence-corrected chi connectivity index (χ1v) is 8.63. The fourth-order valence-corrected chi connectivity index (χ4v) is 2.41. The summed E-state index contributed by atoms with van der Waals surface area (Å²) in [6, 6.07) is 15.1. The Morgan fingerprint density at radius 3 is 1.38 bits per heavy atom. The first-order valence-electron chi connectivity index (χ1n) is 8.63. The molecule has 0 fully saturated rings. The molecule has 0 saturated heterocycles. The summed E-state index contributed by atoms with van der Waals surface area (Å²) in [7, 11) is 0. The number of hydrogen-bond donors (Lipinski definition) is 0. The number of carbonyl (C=O) groups is 1. The summed E-state index contributed by atoms with van der Waals surface area (Å²) in [5.41, 5.74) is 2.47. The summed E-state index contributed by atoms with van der Waals surface area (Å²) in [6.07, 6.45) is 1.44. The van der Waals surface area contributed by atoms with Gasteiger partial charge < -0.3 is 9.47 Å². The molecule has 0 heterocycles. The molecule has 0 saturated carbocycles. The second-order valence-electron chi connectivity index (χ2n) is 6.21. The summed E-state index contributed by atoms with van der Waals surface area (Å²) >= 11 is 0. The van der Waals surface area contributed by atoms with Gasteiger partial charge in [-0.05, 0) is 60.1 Å². The van der Waals surface area contributed by atoms with Gasteiger partial charge in [-0.15, -0.1) is 0 Å². The van der Waals surface area contributed by atoms with Gasteiger partial charge in [0.05, 0.1) is 0 Å². The van der Waals surface area contributed by atoms with Crippen LogP contribution in [0.3, 0.4) is 0 Å². The summed E-state index contributed by atoms with van der Waals surface area (Å²) in [4.78, 5) is 11.9. The second-order valence-corrected chi connectivity index (χ2v) is 6.21. The van der Waals surface area contributed by atoms with Gasteiger partial charge in [-0.2, -0.15) is 0 Å². The molecule has 0 N–H and O–H groups in total. The van der Waals surface area contributed by atoms with E-state index in [4.69, 9.17) is 9.47 Å². The largest absolute Gasteiger partial charge is 0.519 e. The van der Waals surface area contributed by atoms with E-state index in [1.165, 1.54) is 11.1 Å². The molecule has 0 spiro atoms. The highest BCUT2D eigenvalue weighted by Gasteiger charge is 2.10. The number of carbonyl (C=O) groups excluding carboxylic acids is 1. The van der Waals surface area contributed by atoms with Crippen LogP contribution in [-0.2, 0) is 0 Å². The molecule has 2 rings (SSSR count). The zero-order chi connectivity index (χ0) is 17.5. The van der Waals surface area contributed by atoms with E-state index in [2.05, 4.69) is 27.7 Å². The molecule has 0 bridgehead atoms. The van der Waals surface area contributed by atoms with Crippen LogP contribution in [0.5, 0.6) is 11.5 Å². The molecule has 24 heavy (non-hydrogen) atoms. The first kappa shape index (κ1) is 18.1. The van der Waals surface area contributed by atoms with Crippen LogP contribution in [0.1, 0.15) is 63.5 Å². The molecule has 3 nitrogen and oxygen atoms in total. The molecule has 0 aliphatic heterocycles. The summed E-state index contributed by atoms with van der Waals surface area (Å²) < 4.78 is 10.4. The van der Waals surface area contributed by atoms with Gasteiger partial charge in [-0.1, -0.05) is 52.0 Å². The molecule has 2 atom stereocenters. The molecule has 0 aliphatic rings. The van der Waals surface area contributed by atoms with E-state index in [-0.39, 0.29) is 0 Å². The van der Waals surface area contributed by atoms with Crippen molar-refractivity contribution in [3.05, 3.63) is 59.7 Å². The zero-order valence-corrected chi connectivity index (χ0v) is 14.9. The minimum atomic E-state index is -0.720. The van der Waals surface area contributed by atoms with Crippen LogP contribution in [0.2, 0.25) is 0 Å². The third-order valence-corrected chi connectivity index (χ3v) is 4.53. The Morgan fingerprint density at radius 2 is 1.08 bits per heavy atom. The van der Waals surface area contributed by atoms with Crippen molar-refractivity contribution in [1.82, 2.24) is 0 Å². The number of benzene rings is 2. The Morgan fingerprint density at radius 1 is 0.750 bits per heavy atom. The molecule has 0 radical (unpaired) electrons. The number of hydrogen-bond acceptors (Lipinski definition) is 3. The van der Waals surface area contributed by atoms with Crippen molar-refractivity contribution in [3.8, 4) is 11.5 Å². The van der Waals surface area contributed by atoms with Gasteiger partial charge in [0.2, 0.25) is 0 Å². The molecular weight excluding hydrogens is 300 g/mol. The van der Waals surface area contributed by atoms with E-state index in [1.54, 1.807) is 24.3 Å². The Balaban J connectivity index is 1.93. The number of rotatable bonds is 6. The van der Waals surface area contributed by atoms with E-state index in [0.717, 1.165) is 12.8 Å². The van der Waals surface area contributed by atoms with Crippen LogP contribution in [0.25, 0.3) is 0 Å². The van der Waals surface area contributed by atoms with Gasteiger partial charge >= 0.3 is 6.16 Å². The fourth-order valence-electron chi connectivity index (χ4n) is 2.41.